The summed E-state index contributed by atoms with van der Waals surface area (Å²) in [5.41, 5.74) is 6.46. The number of aromatic nitrogens is 3. The van der Waals surface area contributed by atoms with Crippen LogP contribution >= 0.6 is 0 Å². The van der Waals surface area contributed by atoms with Gasteiger partial charge in [-0.15, -0.1) is 0 Å². The molecular weight excluding hydrogens is 622 g/mol. The summed E-state index contributed by atoms with van der Waals surface area (Å²) in [6, 6.07) is 15.1. The highest BCUT2D eigenvalue weighted by Crippen LogP contribution is 2.26. The first kappa shape index (κ1) is 37.2. The number of piperazine rings is 1. The minimum Gasteiger partial charge on any atom is -0.464 e. The van der Waals surface area contributed by atoms with Gasteiger partial charge in [0.25, 0.3) is 5.91 Å². The molecule has 49 heavy (non-hydrogen) atoms. The number of nitrogens with one attached hydrogen (secondary N) is 2. The van der Waals surface area contributed by atoms with Crippen molar-refractivity contribution in [3.63, 3.8) is 0 Å². The Morgan fingerprint density at radius 1 is 0.898 bits per heavy atom. The lowest BCUT2D eigenvalue weighted by molar-refractivity contribution is -0.147. The van der Waals surface area contributed by atoms with Gasteiger partial charge in [-0.05, 0) is 48.9 Å². The number of rotatable bonds is 17. The van der Waals surface area contributed by atoms with Gasteiger partial charge in [-0.3, -0.25) is 19.8 Å². The molecule has 0 aliphatic carbocycles. The van der Waals surface area contributed by atoms with Gasteiger partial charge in [-0.2, -0.15) is 5.10 Å². The number of hydrogen-bond acceptors (Lipinski definition) is 8. The Labute approximate surface area is 289 Å². The summed E-state index contributed by atoms with van der Waals surface area (Å²) in [5.74, 6) is 0.703. The Morgan fingerprint density at radius 3 is 2.27 bits per heavy atom. The maximum atomic E-state index is 13.7. The minimum atomic E-state index is -0.880. The normalized spacial score (nSPS) is 13.9. The van der Waals surface area contributed by atoms with E-state index in [0.29, 0.717) is 38.3 Å². The van der Waals surface area contributed by atoms with Crippen molar-refractivity contribution in [2.75, 3.05) is 32.8 Å². The van der Waals surface area contributed by atoms with Crippen molar-refractivity contribution in [2.45, 2.75) is 91.6 Å². The van der Waals surface area contributed by atoms with Gasteiger partial charge in [0.2, 0.25) is 11.8 Å². The number of carbonyl (C=O) groups excluding carboxylic acids is 4. The number of unbranched alkanes of at least 4 members (excludes halogenated alkanes) is 2. The summed E-state index contributed by atoms with van der Waals surface area (Å²) in [5, 5.41) is 9.15. The number of benzene rings is 2. The van der Waals surface area contributed by atoms with E-state index in [2.05, 4.69) is 48.9 Å². The molecule has 0 spiro atoms. The number of esters is 1. The number of hydrogen-bond donors (Lipinski definition) is 2. The van der Waals surface area contributed by atoms with Crippen LogP contribution in [0, 0.1) is 0 Å². The fourth-order valence-electron chi connectivity index (χ4n) is 5.83. The average Bonchev–Trinajstić information content (AvgIpc) is 3.49. The third-order valence-corrected chi connectivity index (χ3v) is 8.51. The lowest BCUT2D eigenvalue weighted by Crippen LogP contribution is -2.55. The predicted molar refractivity (Wildman–Crippen MR) is 187 cm³/mol. The van der Waals surface area contributed by atoms with E-state index in [1.807, 2.05) is 33.8 Å². The number of amides is 3. The first-order valence-electron chi connectivity index (χ1n) is 17.6. The molecule has 1 aliphatic rings. The van der Waals surface area contributed by atoms with Crippen LogP contribution < -0.4 is 10.7 Å². The van der Waals surface area contributed by atoms with Gasteiger partial charge in [0.1, 0.15) is 11.9 Å². The van der Waals surface area contributed by atoms with E-state index >= 15 is 0 Å². The molecule has 3 aromatic rings. The van der Waals surface area contributed by atoms with Gasteiger partial charge in [-0.25, -0.2) is 19.5 Å². The van der Waals surface area contributed by atoms with Crippen LogP contribution in [-0.2, 0) is 38.5 Å². The fraction of sp³-hybridized carbons (Fsp3) is 0.514. The molecule has 0 saturated carbocycles. The minimum absolute atomic E-state index is 0.0356. The maximum absolute atomic E-state index is 13.7. The van der Waals surface area contributed by atoms with Crippen LogP contribution in [0.15, 0.2) is 48.5 Å². The van der Waals surface area contributed by atoms with Crippen LogP contribution in [0.3, 0.4) is 0 Å². The van der Waals surface area contributed by atoms with Crippen molar-refractivity contribution in [1.82, 2.24) is 35.4 Å². The summed E-state index contributed by atoms with van der Waals surface area (Å²) in [4.78, 5) is 56.6. The molecule has 1 atom stereocenters. The molecule has 0 radical (unpaired) electrons. The van der Waals surface area contributed by atoms with E-state index in [1.165, 1.54) is 6.92 Å². The van der Waals surface area contributed by atoms with Crippen LogP contribution in [0.1, 0.15) is 93.8 Å². The van der Waals surface area contributed by atoms with Crippen LogP contribution in [-0.4, -0.2) is 87.2 Å². The molecule has 0 bridgehead atoms. The molecule has 1 aromatic heterocycles. The Hall–Kier alpha value is -4.58. The largest absolute Gasteiger partial charge is 0.464 e. The van der Waals surface area contributed by atoms with Gasteiger partial charge in [-0.1, -0.05) is 69.2 Å². The molecular formula is C37H51N7O5. The summed E-state index contributed by atoms with van der Waals surface area (Å²) in [6.45, 7) is 10.0. The quantitative estimate of drug-likeness (QED) is 0.202. The molecule has 2 heterocycles. The fourth-order valence-corrected chi connectivity index (χ4v) is 5.83. The number of hydrazine groups is 1. The molecule has 4 rings (SSSR count). The number of ether oxygens (including phenoxy) is 1. The van der Waals surface area contributed by atoms with Crippen LogP contribution in [0.5, 0.6) is 0 Å². The third-order valence-electron chi connectivity index (χ3n) is 8.51. The van der Waals surface area contributed by atoms with Crippen molar-refractivity contribution in [3.8, 4) is 11.1 Å². The summed E-state index contributed by atoms with van der Waals surface area (Å²) in [6.07, 6.45) is 6.37. The molecule has 264 valence electrons. The monoisotopic (exact) mass is 673 g/mol. The van der Waals surface area contributed by atoms with Crippen molar-refractivity contribution >= 4 is 23.7 Å². The molecule has 3 amide bonds. The second-order valence-electron chi connectivity index (χ2n) is 12.4. The SMILES string of the molecule is CCCCc1nc(CCCC)n(Cc2ccc(-c3ccccc3C(=O)N3CCN(NC(=O)CCC(NC(C)=O)C(=O)OCC)CC3)cc2)n1. The van der Waals surface area contributed by atoms with Crippen molar-refractivity contribution < 1.29 is 23.9 Å². The Morgan fingerprint density at radius 2 is 1.59 bits per heavy atom. The van der Waals surface area contributed by atoms with E-state index in [4.69, 9.17) is 14.8 Å². The van der Waals surface area contributed by atoms with Gasteiger partial charge in [0.05, 0.1) is 13.2 Å². The number of aryl methyl sites for hydroxylation is 2. The first-order valence-corrected chi connectivity index (χ1v) is 17.6. The molecule has 2 aromatic carbocycles. The van der Waals surface area contributed by atoms with Crippen LogP contribution in [0.4, 0.5) is 0 Å². The van der Waals surface area contributed by atoms with E-state index in [9.17, 15) is 19.2 Å². The second kappa shape index (κ2) is 18.8. The van der Waals surface area contributed by atoms with Crippen molar-refractivity contribution in [2.24, 2.45) is 0 Å². The Kier molecular flexibility index (Phi) is 14.3. The van der Waals surface area contributed by atoms with Crippen LogP contribution in [0.25, 0.3) is 11.1 Å². The Balaban J connectivity index is 1.34. The van der Waals surface area contributed by atoms with E-state index in [-0.39, 0.29) is 37.2 Å². The maximum Gasteiger partial charge on any atom is 0.328 e. The first-order chi connectivity index (χ1) is 23.7. The Bertz CT molecular complexity index is 1550. The summed E-state index contributed by atoms with van der Waals surface area (Å²) >= 11 is 0. The summed E-state index contributed by atoms with van der Waals surface area (Å²) < 4.78 is 7.05. The molecule has 2 N–H and O–H groups in total. The van der Waals surface area contributed by atoms with E-state index in [1.54, 1.807) is 11.9 Å². The van der Waals surface area contributed by atoms with Gasteiger partial charge in [0, 0.05) is 57.9 Å². The average molecular weight is 674 g/mol. The topological polar surface area (TPSA) is 139 Å². The second-order valence-corrected chi connectivity index (χ2v) is 12.4. The lowest BCUT2D eigenvalue weighted by atomic mass is 9.97. The number of nitrogens with zero attached hydrogens (tertiary/aromatic N) is 5. The predicted octanol–water partition coefficient (Wildman–Crippen LogP) is 4.32. The van der Waals surface area contributed by atoms with Gasteiger partial charge >= 0.3 is 5.97 Å². The van der Waals surface area contributed by atoms with Crippen molar-refractivity contribution in [1.29, 1.82) is 0 Å². The molecule has 1 aliphatic heterocycles. The van der Waals surface area contributed by atoms with Crippen LogP contribution in [0.2, 0.25) is 0 Å². The molecule has 12 nitrogen and oxygen atoms in total. The highest BCUT2D eigenvalue weighted by molar-refractivity contribution is 6.01. The standard InChI is InChI=1S/C37H51N7O5/c1-5-8-14-33-39-34(15-9-6-2)44(40-33)26-28-16-18-29(19-17-28)30-12-10-11-13-31(30)36(47)42-22-24-43(25-23-42)41-35(46)21-20-32(38-27(4)45)37(48)49-7-3/h10-13,16-19,32H,5-9,14-15,20-26H2,1-4H3,(H,38,45)(H,41,46). The zero-order valence-electron chi connectivity index (χ0n) is 29.4. The summed E-state index contributed by atoms with van der Waals surface area (Å²) in [7, 11) is 0. The van der Waals surface area contributed by atoms with Gasteiger partial charge < -0.3 is 15.0 Å². The molecule has 1 saturated heterocycles. The third kappa shape index (κ3) is 11.0. The highest BCUT2D eigenvalue weighted by Gasteiger charge is 2.26. The van der Waals surface area contributed by atoms with Gasteiger partial charge in [0.15, 0.2) is 5.82 Å². The molecule has 12 heteroatoms. The zero-order chi connectivity index (χ0) is 35.2. The zero-order valence-corrected chi connectivity index (χ0v) is 29.4. The van der Waals surface area contributed by atoms with Crippen molar-refractivity contribution in [3.05, 3.63) is 71.3 Å². The van der Waals surface area contributed by atoms with E-state index in [0.717, 1.165) is 66.9 Å². The smallest absolute Gasteiger partial charge is 0.328 e. The highest BCUT2D eigenvalue weighted by atomic mass is 16.5. The van der Waals surface area contributed by atoms with E-state index < -0.39 is 12.0 Å². The molecule has 1 unspecified atom stereocenters. The molecule has 1 fully saturated rings. The lowest BCUT2D eigenvalue weighted by Gasteiger charge is -2.35. The number of carbonyl (C=O) groups is 4.